The zero-order chi connectivity index (χ0) is 24.6. The Kier molecular flexibility index (Phi) is 6.28. The fourth-order valence-electron chi connectivity index (χ4n) is 3.75. The molecule has 2 aromatic carbocycles. The third-order valence-corrected chi connectivity index (χ3v) is 5.18. The van der Waals surface area contributed by atoms with Crippen molar-refractivity contribution in [3.8, 4) is 17.0 Å². The van der Waals surface area contributed by atoms with Crippen LogP contribution in [0.5, 0.6) is 5.75 Å². The van der Waals surface area contributed by atoms with Crippen LogP contribution >= 0.6 is 11.6 Å². The lowest BCUT2D eigenvalue weighted by Crippen LogP contribution is -2.16. The Morgan fingerprint density at radius 1 is 1.21 bits per heavy atom. The smallest absolute Gasteiger partial charge is 0.420 e. The number of nitrogens with zero attached hydrogens (tertiary/aromatic N) is 3. The number of hydrogen-bond donors (Lipinski definition) is 3. The molecule has 1 unspecified atom stereocenters. The summed E-state index contributed by atoms with van der Waals surface area (Å²) in [7, 11) is 0. The fourth-order valence-corrected chi connectivity index (χ4v) is 3.84. The van der Waals surface area contributed by atoms with E-state index in [1.54, 1.807) is 31.3 Å². The van der Waals surface area contributed by atoms with E-state index in [0.717, 1.165) is 5.52 Å². The lowest BCUT2D eigenvalue weighted by Gasteiger charge is -2.16. The number of rotatable bonds is 7. The van der Waals surface area contributed by atoms with Crippen LogP contribution in [0.3, 0.4) is 0 Å². The predicted octanol–water partition coefficient (Wildman–Crippen LogP) is 5.48. The number of nitrogens with one attached hydrogen (secondary N) is 2. The maximum Gasteiger partial charge on any atom is 0.487 e. The van der Waals surface area contributed by atoms with Crippen molar-refractivity contribution in [1.29, 1.82) is 0 Å². The molecule has 0 bridgehead atoms. The van der Waals surface area contributed by atoms with Crippen LogP contribution in [0, 0.1) is 0 Å². The van der Waals surface area contributed by atoms with Crippen LogP contribution in [0.2, 0.25) is 0 Å². The van der Waals surface area contributed by atoms with Crippen molar-refractivity contribution in [2.45, 2.75) is 38.5 Å². The first-order valence-electron chi connectivity index (χ1n) is 10.4. The molecule has 0 aliphatic rings. The van der Waals surface area contributed by atoms with Crippen LogP contribution < -0.4 is 10.1 Å². The van der Waals surface area contributed by atoms with Crippen molar-refractivity contribution in [2.75, 3.05) is 5.32 Å². The molecule has 0 radical (unpaired) electrons. The minimum Gasteiger partial charge on any atom is -0.420 e. The highest BCUT2D eigenvalue weighted by Gasteiger charge is 2.27. The molecule has 8 nitrogen and oxygen atoms in total. The van der Waals surface area contributed by atoms with Crippen LogP contribution in [-0.2, 0) is 0 Å². The van der Waals surface area contributed by atoms with Gasteiger partial charge in [-0.25, -0.2) is 4.98 Å². The molecule has 11 heteroatoms. The highest BCUT2D eigenvalue weighted by atomic mass is 35.5. The Morgan fingerprint density at radius 3 is 2.47 bits per heavy atom. The maximum absolute atomic E-state index is 13.1. The summed E-state index contributed by atoms with van der Waals surface area (Å²) in [4.78, 5) is 17.7. The van der Waals surface area contributed by atoms with Gasteiger partial charge in [0, 0.05) is 40.7 Å². The molecule has 4 rings (SSSR count). The number of anilines is 1. The first-order valence-corrected chi connectivity index (χ1v) is 10.8. The van der Waals surface area contributed by atoms with Crippen LogP contribution in [-0.4, -0.2) is 36.3 Å². The maximum atomic E-state index is 13.1. The first kappa shape index (κ1) is 23.7. The molecule has 178 valence electrons. The highest BCUT2D eigenvalue weighted by molar-refractivity contribution is 6.20. The van der Waals surface area contributed by atoms with E-state index in [4.69, 9.17) is 11.6 Å². The average molecular weight is 490 g/mol. The second kappa shape index (κ2) is 9.03. The van der Waals surface area contributed by atoms with Crippen molar-refractivity contribution in [3.05, 3.63) is 60.0 Å². The molecule has 0 saturated heterocycles. The normalized spacial score (nSPS) is 12.8. The average Bonchev–Trinajstić information content (AvgIpc) is 3.41. The Hall–Kier alpha value is -3.50. The molecular formula is C23H22ClF2N5O3. The largest absolute Gasteiger partial charge is 0.487 e. The highest BCUT2D eigenvalue weighted by Crippen LogP contribution is 2.34. The molecule has 0 spiro atoms. The molecule has 1 amide bonds. The Bertz CT molecular complexity index is 1310. The van der Waals surface area contributed by atoms with Crippen molar-refractivity contribution in [2.24, 2.45) is 0 Å². The number of aromatic amines is 1. The van der Waals surface area contributed by atoms with Crippen molar-refractivity contribution in [1.82, 2.24) is 19.7 Å². The number of fused-ring (bicyclic) bond motifs is 1. The number of imidazole rings is 1. The van der Waals surface area contributed by atoms with Gasteiger partial charge in [-0.1, -0.05) is 0 Å². The summed E-state index contributed by atoms with van der Waals surface area (Å²) < 4.78 is 31.8. The molecule has 0 fully saturated rings. The second-order valence-electron chi connectivity index (χ2n) is 8.00. The number of carbonyl (C=O) groups excluding carboxylic acids is 1. The van der Waals surface area contributed by atoms with E-state index in [1.165, 1.54) is 24.3 Å². The van der Waals surface area contributed by atoms with Crippen LogP contribution in [0.15, 0.2) is 48.7 Å². The van der Waals surface area contributed by atoms with E-state index in [-0.39, 0.29) is 11.8 Å². The lowest BCUT2D eigenvalue weighted by atomic mass is 10.0. The fraction of sp³-hybridized carbons (Fsp3) is 0.261. The minimum absolute atomic E-state index is 0.00273. The van der Waals surface area contributed by atoms with Gasteiger partial charge in [-0.15, -0.1) is 8.78 Å². The number of amides is 1. The molecule has 2 heterocycles. The van der Waals surface area contributed by atoms with Gasteiger partial charge in [0.2, 0.25) is 0 Å². The lowest BCUT2D eigenvalue weighted by molar-refractivity contribution is -0.0964. The van der Waals surface area contributed by atoms with Gasteiger partial charge in [-0.3, -0.25) is 9.89 Å². The molecule has 0 aliphatic carbocycles. The standard InChI is InChI=1S/C23H22ClF2N5O3/c1-12(2)31-20-17(18-8-9-27-30-18)10-14(11-19(20)29-21(31)13(3)32)22(33)28-15-4-6-16(7-5-15)34-23(24,25)26/h4-13,32H,1-3H3,(H,27,30)(H,28,33). The third-order valence-electron chi connectivity index (χ3n) is 5.10. The second-order valence-corrected chi connectivity index (χ2v) is 8.44. The summed E-state index contributed by atoms with van der Waals surface area (Å²) in [6.45, 7) is 5.60. The van der Waals surface area contributed by atoms with Gasteiger partial charge in [0.25, 0.3) is 5.91 Å². The SMILES string of the molecule is CC(O)c1nc2cc(C(=O)Nc3ccc(OC(F)(F)Cl)cc3)cc(-c3ccn[nH]3)c2n1C(C)C. The summed E-state index contributed by atoms with van der Waals surface area (Å²) in [5, 5.41) is 20.0. The van der Waals surface area contributed by atoms with E-state index in [9.17, 15) is 18.7 Å². The van der Waals surface area contributed by atoms with Gasteiger partial charge < -0.3 is 19.7 Å². The molecular weight excluding hydrogens is 468 g/mol. The van der Waals surface area contributed by atoms with Gasteiger partial charge in [0.15, 0.2) is 0 Å². The quantitative estimate of drug-likeness (QED) is 0.298. The van der Waals surface area contributed by atoms with Crippen molar-refractivity contribution in [3.63, 3.8) is 0 Å². The van der Waals surface area contributed by atoms with Gasteiger partial charge in [-0.05, 0) is 63.2 Å². The van der Waals surface area contributed by atoms with Crippen LogP contribution in [0.25, 0.3) is 22.3 Å². The van der Waals surface area contributed by atoms with Gasteiger partial charge in [0.05, 0.1) is 16.7 Å². The molecule has 34 heavy (non-hydrogen) atoms. The summed E-state index contributed by atoms with van der Waals surface area (Å²) in [5.41, 5.74) is -0.465. The number of carbonyl (C=O) groups is 1. The number of halogens is 3. The Balaban J connectivity index is 1.74. The minimum atomic E-state index is -3.83. The Labute approximate surface area is 198 Å². The molecule has 4 aromatic rings. The third kappa shape index (κ3) is 4.87. The van der Waals surface area contributed by atoms with Gasteiger partial charge in [-0.2, -0.15) is 5.10 Å². The number of alkyl halides is 3. The predicted molar refractivity (Wildman–Crippen MR) is 124 cm³/mol. The summed E-state index contributed by atoms with van der Waals surface area (Å²) in [5.74, 6) is -0.0995. The monoisotopic (exact) mass is 489 g/mol. The molecule has 0 aliphatic heterocycles. The number of benzene rings is 2. The zero-order valence-corrected chi connectivity index (χ0v) is 19.3. The molecule has 0 saturated carbocycles. The van der Waals surface area contributed by atoms with E-state index in [1.807, 2.05) is 18.4 Å². The number of aliphatic hydroxyl groups is 1. The number of aromatic nitrogens is 4. The first-order chi connectivity index (χ1) is 16.0. The van der Waals surface area contributed by atoms with E-state index in [2.05, 4.69) is 25.2 Å². The zero-order valence-electron chi connectivity index (χ0n) is 18.5. The molecule has 2 aromatic heterocycles. The van der Waals surface area contributed by atoms with E-state index < -0.39 is 17.6 Å². The van der Waals surface area contributed by atoms with Crippen LogP contribution in [0.1, 0.15) is 49.1 Å². The number of ether oxygens (including phenoxy) is 1. The number of hydrogen-bond acceptors (Lipinski definition) is 5. The van der Waals surface area contributed by atoms with Gasteiger partial charge >= 0.3 is 5.57 Å². The summed E-state index contributed by atoms with van der Waals surface area (Å²) in [6, 6.07) is 10.5. The van der Waals surface area contributed by atoms with E-state index in [0.29, 0.717) is 33.8 Å². The van der Waals surface area contributed by atoms with Crippen LogP contribution in [0.4, 0.5) is 14.5 Å². The summed E-state index contributed by atoms with van der Waals surface area (Å²) in [6.07, 6.45) is 0.788. The number of aliphatic hydroxyl groups excluding tert-OH is 1. The van der Waals surface area contributed by atoms with Gasteiger partial charge in [0.1, 0.15) is 17.7 Å². The number of H-pyrrole nitrogens is 1. The Morgan fingerprint density at radius 2 is 1.91 bits per heavy atom. The van der Waals surface area contributed by atoms with Crippen molar-refractivity contribution >= 4 is 34.2 Å². The molecule has 3 N–H and O–H groups in total. The van der Waals surface area contributed by atoms with E-state index >= 15 is 0 Å². The molecule has 1 atom stereocenters. The summed E-state index contributed by atoms with van der Waals surface area (Å²) >= 11 is 4.77. The van der Waals surface area contributed by atoms with Crippen molar-refractivity contribution < 1.29 is 23.4 Å². The topological polar surface area (TPSA) is 105 Å².